The lowest BCUT2D eigenvalue weighted by atomic mass is 10.0. The average Bonchev–Trinajstić information content (AvgIpc) is 3.67. The third kappa shape index (κ3) is 4.74. The van der Waals surface area contributed by atoms with Gasteiger partial charge in [0.15, 0.2) is 0 Å². The molecule has 12 heteroatoms. The van der Waals surface area contributed by atoms with Crippen LogP contribution in [0.25, 0.3) is 27.9 Å². The smallest absolute Gasteiger partial charge is 0.323 e. The Morgan fingerprint density at radius 2 is 1.36 bits per heavy atom. The Bertz CT molecular complexity index is 1820. The molecule has 1 fully saturated rings. The summed E-state index contributed by atoms with van der Waals surface area (Å²) in [6.45, 7) is -0.465. The monoisotopic (exact) mass is 677 g/mol. The van der Waals surface area contributed by atoms with Gasteiger partial charge in [-0.2, -0.15) is 0 Å². The number of rotatable bonds is 6. The van der Waals surface area contributed by atoms with Crippen molar-refractivity contribution in [1.29, 1.82) is 0 Å². The number of carbonyl (C=O) groups excluding carboxylic acids is 3. The summed E-state index contributed by atoms with van der Waals surface area (Å²) in [7, 11) is 3.37. The van der Waals surface area contributed by atoms with Crippen molar-refractivity contribution in [3.63, 3.8) is 0 Å². The molecule has 0 bridgehead atoms. The van der Waals surface area contributed by atoms with Crippen molar-refractivity contribution in [3.8, 4) is 10.4 Å². The van der Waals surface area contributed by atoms with Gasteiger partial charge in [0, 0.05) is 28.3 Å². The number of hydrogen-bond donors (Lipinski definition) is 1. The summed E-state index contributed by atoms with van der Waals surface area (Å²) in [6, 6.07) is 19.0. The summed E-state index contributed by atoms with van der Waals surface area (Å²) in [5.41, 5.74) is 4.43. The van der Waals surface area contributed by atoms with Crippen LogP contribution in [0.4, 0.5) is 0 Å². The fourth-order valence-corrected chi connectivity index (χ4v) is 7.63. The molecule has 210 valence electrons. The number of likely N-dealkylation sites (N-methyl/N-ethyl adjacent to an activating group) is 2. The molecule has 0 spiro atoms. The summed E-state index contributed by atoms with van der Waals surface area (Å²) >= 11 is 11.2. The first-order valence-electron chi connectivity index (χ1n) is 12.5. The zero-order valence-corrected chi connectivity index (χ0v) is 26.1. The average molecular weight is 679 g/mol. The quantitative estimate of drug-likeness (QED) is 0.271. The van der Waals surface area contributed by atoms with Crippen LogP contribution in [-0.2, 0) is 19.2 Å². The van der Waals surface area contributed by atoms with Gasteiger partial charge >= 0.3 is 5.97 Å². The van der Waals surface area contributed by atoms with Crippen molar-refractivity contribution < 1.29 is 24.3 Å². The van der Waals surface area contributed by atoms with Crippen molar-refractivity contribution in [3.05, 3.63) is 97.2 Å². The molecule has 2 aromatic carbocycles. The maximum atomic E-state index is 13.4. The highest BCUT2D eigenvalue weighted by Gasteiger charge is 2.46. The lowest BCUT2D eigenvalue weighted by Gasteiger charge is -2.20. The lowest BCUT2D eigenvalue weighted by molar-refractivity contribution is -0.140. The molecule has 8 nitrogen and oxygen atoms in total. The van der Waals surface area contributed by atoms with E-state index < -0.39 is 18.4 Å². The molecule has 4 heterocycles. The maximum absolute atomic E-state index is 13.4. The summed E-state index contributed by atoms with van der Waals surface area (Å²) in [5.74, 6) is -1.99. The highest BCUT2D eigenvalue weighted by Crippen LogP contribution is 2.45. The van der Waals surface area contributed by atoms with E-state index in [1.165, 1.54) is 21.1 Å². The molecule has 1 N–H and O–H groups in total. The van der Waals surface area contributed by atoms with E-state index in [9.17, 15) is 19.2 Å². The number of halogens is 1. The van der Waals surface area contributed by atoms with Crippen LogP contribution in [-0.4, -0.2) is 68.5 Å². The van der Waals surface area contributed by atoms with Gasteiger partial charge in [-0.05, 0) is 47.0 Å². The third-order valence-corrected chi connectivity index (χ3v) is 10.0. The van der Waals surface area contributed by atoms with E-state index in [2.05, 4.69) is 15.9 Å². The van der Waals surface area contributed by atoms with Crippen LogP contribution in [0, 0.1) is 0 Å². The van der Waals surface area contributed by atoms with Gasteiger partial charge in [0.2, 0.25) is 0 Å². The third-order valence-electron chi connectivity index (χ3n) is 7.06. The molecule has 0 radical (unpaired) electrons. The zero-order valence-electron chi connectivity index (χ0n) is 22.1. The number of fused-ring (bicyclic) bond motifs is 1. The van der Waals surface area contributed by atoms with Crippen LogP contribution < -0.4 is 0 Å². The molecular weight excluding hydrogens is 658 g/mol. The number of thiophene rings is 1. The first kappa shape index (κ1) is 28.3. The van der Waals surface area contributed by atoms with Crippen molar-refractivity contribution in [2.45, 2.75) is 0 Å². The van der Waals surface area contributed by atoms with Crippen molar-refractivity contribution in [2.24, 2.45) is 0 Å². The van der Waals surface area contributed by atoms with Gasteiger partial charge in [0.1, 0.15) is 10.9 Å². The molecule has 3 aromatic rings. The number of carboxylic acids is 1. The molecule has 1 saturated heterocycles. The predicted molar refractivity (Wildman–Crippen MR) is 171 cm³/mol. The molecule has 6 rings (SSSR count). The number of aliphatic carboxylic acids is 1. The fraction of sp³-hybridized carbons (Fsp3) is 0.100. The summed E-state index contributed by atoms with van der Waals surface area (Å²) in [5, 5.41) is 9.04. The Hall–Kier alpha value is -3.84. The second-order valence-corrected chi connectivity index (χ2v) is 13.3. The van der Waals surface area contributed by atoms with Crippen molar-refractivity contribution >= 4 is 96.7 Å². The van der Waals surface area contributed by atoms with Gasteiger partial charge in [-0.3, -0.25) is 24.1 Å². The summed E-state index contributed by atoms with van der Waals surface area (Å²) in [6.07, 6.45) is 1.72. The second-order valence-electron chi connectivity index (χ2n) is 9.62. The Kier molecular flexibility index (Phi) is 7.26. The van der Waals surface area contributed by atoms with Gasteiger partial charge in [0.25, 0.3) is 17.7 Å². The minimum Gasteiger partial charge on any atom is -0.480 e. The highest BCUT2D eigenvalue weighted by atomic mass is 79.9. The molecule has 0 saturated carbocycles. The van der Waals surface area contributed by atoms with Crippen LogP contribution in [0.5, 0.6) is 0 Å². The summed E-state index contributed by atoms with van der Waals surface area (Å²) in [4.78, 5) is 56.8. The van der Waals surface area contributed by atoms with Crippen LogP contribution in [0.15, 0.2) is 81.2 Å². The minimum absolute atomic E-state index is 0.223. The van der Waals surface area contributed by atoms with E-state index in [1.54, 1.807) is 20.2 Å². The molecule has 0 aliphatic carbocycles. The number of carbonyl (C=O) groups is 4. The topological polar surface area (TPSA) is 98.2 Å². The Morgan fingerprint density at radius 3 is 1.90 bits per heavy atom. The van der Waals surface area contributed by atoms with Gasteiger partial charge in [-0.25, -0.2) is 0 Å². The van der Waals surface area contributed by atoms with E-state index in [0.717, 1.165) is 47.6 Å². The van der Waals surface area contributed by atoms with Crippen molar-refractivity contribution in [1.82, 2.24) is 14.7 Å². The number of benzene rings is 2. The molecular formula is C30H20BrN3O5S3. The number of amides is 3. The Morgan fingerprint density at radius 1 is 0.833 bits per heavy atom. The van der Waals surface area contributed by atoms with Crippen molar-refractivity contribution in [2.75, 3.05) is 20.6 Å². The zero-order chi connectivity index (χ0) is 29.9. The standard InChI is InChI=1S/C30H20BrN3O5S3/c1-32-25(23-24(29(32)39)26(33(2)28(23)38)17-7-9-18(31)10-8-17)16-5-3-15(4-6-16)20-12-11-19(41-20)13-21-27(37)34(14-22(35)36)30(40)42-21/h3-13H,14H2,1-2H3,(H,35,36)/b21-13-. The first-order valence-corrected chi connectivity index (χ1v) is 15.4. The molecule has 0 unspecified atom stereocenters. The number of hydrogen-bond acceptors (Lipinski definition) is 7. The fourth-order valence-electron chi connectivity index (χ4n) is 5.09. The molecule has 3 aliphatic heterocycles. The summed E-state index contributed by atoms with van der Waals surface area (Å²) < 4.78 is 1.13. The molecule has 3 amide bonds. The largest absolute Gasteiger partial charge is 0.480 e. The van der Waals surface area contributed by atoms with E-state index in [1.807, 2.05) is 60.7 Å². The van der Waals surface area contributed by atoms with Gasteiger partial charge < -0.3 is 14.9 Å². The molecule has 42 heavy (non-hydrogen) atoms. The molecule has 3 aliphatic rings. The molecule has 0 atom stereocenters. The van der Waals surface area contributed by atoms with E-state index in [0.29, 0.717) is 27.4 Å². The van der Waals surface area contributed by atoms with Gasteiger partial charge in [-0.15, -0.1) is 11.3 Å². The Labute approximate surface area is 262 Å². The van der Waals surface area contributed by atoms with Crippen LogP contribution in [0.2, 0.25) is 0 Å². The number of carboxylic acid groups (broad SMARTS) is 1. The van der Waals surface area contributed by atoms with E-state index in [4.69, 9.17) is 17.3 Å². The van der Waals surface area contributed by atoms with Gasteiger partial charge in [0.05, 0.1) is 27.4 Å². The lowest BCUT2D eigenvalue weighted by Crippen LogP contribution is -2.33. The van der Waals surface area contributed by atoms with Gasteiger partial charge in [-0.1, -0.05) is 76.3 Å². The van der Waals surface area contributed by atoms with E-state index >= 15 is 0 Å². The first-order chi connectivity index (χ1) is 20.0. The maximum Gasteiger partial charge on any atom is 0.323 e. The van der Waals surface area contributed by atoms with Crippen LogP contribution in [0.1, 0.15) is 16.0 Å². The molecule has 1 aromatic heterocycles. The van der Waals surface area contributed by atoms with E-state index in [-0.39, 0.29) is 16.1 Å². The van der Waals surface area contributed by atoms with Crippen LogP contribution >= 0.6 is 51.2 Å². The Balaban J connectivity index is 1.30. The number of thioether (sulfide) groups is 1. The second kappa shape index (κ2) is 10.8. The number of nitrogens with zero attached hydrogens (tertiary/aromatic N) is 3. The van der Waals surface area contributed by atoms with Crippen LogP contribution in [0.3, 0.4) is 0 Å². The highest BCUT2D eigenvalue weighted by molar-refractivity contribution is 9.10. The minimum atomic E-state index is -1.12. The SMILES string of the molecule is CN1C(=O)C2=C(c3ccc(-c4ccc(/C=C5\SC(=S)N(CC(=O)O)C5=O)s4)cc3)N(C)C(=O)C2=C1c1ccc(Br)cc1. The number of thiocarbonyl (C=S) groups is 1. The predicted octanol–water partition coefficient (Wildman–Crippen LogP) is 5.53. The normalized spacial score (nSPS) is 18.0.